The van der Waals surface area contributed by atoms with E-state index in [1.807, 2.05) is 11.8 Å². The number of ether oxygens (including phenoxy) is 1. The molecule has 210 valence electrons. The molecule has 10 nitrogen and oxygen atoms in total. The molecule has 40 heavy (non-hydrogen) atoms. The zero-order valence-corrected chi connectivity index (χ0v) is 24.3. The van der Waals surface area contributed by atoms with Gasteiger partial charge in [-0.25, -0.2) is 8.42 Å². The van der Waals surface area contributed by atoms with E-state index in [0.29, 0.717) is 29.1 Å². The number of hydrogen-bond donors (Lipinski definition) is 1. The number of benzene rings is 2. The van der Waals surface area contributed by atoms with Gasteiger partial charge in [0.2, 0.25) is 11.9 Å². The van der Waals surface area contributed by atoms with Crippen LogP contribution in [0.1, 0.15) is 50.7 Å². The van der Waals surface area contributed by atoms with Crippen molar-refractivity contribution < 1.29 is 13.2 Å². The molecule has 0 spiro atoms. The first kappa shape index (κ1) is 26.5. The summed E-state index contributed by atoms with van der Waals surface area (Å²) in [5.41, 5.74) is 4.50. The second kappa shape index (κ2) is 10.0. The number of sulfone groups is 1. The van der Waals surface area contributed by atoms with Crippen LogP contribution in [0.2, 0.25) is 0 Å². The van der Waals surface area contributed by atoms with E-state index in [0.717, 1.165) is 37.4 Å². The molecule has 0 amide bonds. The molecular weight excluding hydrogens is 526 g/mol. The van der Waals surface area contributed by atoms with Crippen LogP contribution in [0.25, 0.3) is 5.65 Å². The third-order valence-electron chi connectivity index (χ3n) is 7.95. The Morgan fingerprint density at radius 1 is 1.07 bits per heavy atom. The zero-order chi connectivity index (χ0) is 28.2. The Balaban J connectivity index is 1.40. The van der Waals surface area contributed by atoms with Gasteiger partial charge in [-0.15, -0.1) is 0 Å². The minimum Gasteiger partial charge on any atom is -0.468 e. The maximum Gasteiger partial charge on any atom is 0.238 e. The topological polar surface area (TPSA) is 105 Å². The van der Waals surface area contributed by atoms with Crippen LogP contribution in [-0.2, 0) is 9.84 Å². The Morgan fingerprint density at radius 3 is 2.58 bits per heavy atom. The second-order valence-corrected chi connectivity index (χ2v) is 13.5. The summed E-state index contributed by atoms with van der Waals surface area (Å²) >= 11 is 0. The summed E-state index contributed by atoms with van der Waals surface area (Å²) < 4.78 is 34.1. The Hall–Kier alpha value is -3.70. The van der Waals surface area contributed by atoms with Crippen molar-refractivity contribution in [2.45, 2.75) is 62.8 Å². The van der Waals surface area contributed by atoms with E-state index in [1.54, 1.807) is 54.9 Å². The standard InChI is InChI=1S/C29H35N7O3S/c1-18(2)40(37,38)26-9-7-6-8-23(26)31-29-33-28(32-27-10-13-30-36(27)29)35-20(4)39-25-17-22(19(3)16-24(25)35)21-11-14-34(5)15-12-21/h6-10,13,16-18,20-21H,11-12,14-15H2,1-5H3,(H,31,32,33). The van der Waals surface area contributed by atoms with Crippen LogP contribution < -0.4 is 15.0 Å². The summed E-state index contributed by atoms with van der Waals surface area (Å²) in [6, 6.07) is 13.0. The zero-order valence-electron chi connectivity index (χ0n) is 23.5. The van der Waals surface area contributed by atoms with Gasteiger partial charge in [-0.1, -0.05) is 12.1 Å². The molecule has 11 heteroatoms. The van der Waals surface area contributed by atoms with Crippen LogP contribution >= 0.6 is 0 Å². The van der Waals surface area contributed by atoms with Gasteiger partial charge >= 0.3 is 0 Å². The third kappa shape index (κ3) is 4.56. The number of rotatable bonds is 6. The monoisotopic (exact) mass is 561 g/mol. The number of aryl methyl sites for hydroxylation is 1. The first-order valence-electron chi connectivity index (χ1n) is 13.7. The molecule has 2 aromatic heterocycles. The van der Waals surface area contributed by atoms with Crippen LogP contribution in [0.4, 0.5) is 23.3 Å². The molecule has 2 aliphatic rings. The Kier molecular flexibility index (Phi) is 6.66. The van der Waals surface area contributed by atoms with E-state index in [4.69, 9.17) is 14.7 Å². The van der Waals surface area contributed by atoms with Gasteiger partial charge in [-0.05, 0) is 102 Å². The number of piperidine rings is 1. The number of nitrogens with zero attached hydrogens (tertiary/aromatic N) is 6. The normalized spacial score (nSPS) is 18.4. The summed E-state index contributed by atoms with van der Waals surface area (Å²) in [5, 5.41) is 7.05. The SMILES string of the molecule is Cc1cc2c(cc1C1CCN(C)CC1)OC(C)N2c1nc(Nc2ccccc2S(=O)(=O)C(C)C)n2nccc2n1. The molecule has 6 rings (SSSR count). The number of para-hydroxylation sites is 1. The molecule has 4 heterocycles. The maximum atomic E-state index is 13.1. The molecule has 0 aliphatic carbocycles. The summed E-state index contributed by atoms with van der Waals surface area (Å²) in [5.74, 6) is 2.15. The Bertz CT molecular complexity index is 1680. The number of hydrogen-bond acceptors (Lipinski definition) is 9. The lowest BCUT2D eigenvalue weighted by Crippen LogP contribution is -2.29. The smallest absolute Gasteiger partial charge is 0.238 e. The summed E-state index contributed by atoms with van der Waals surface area (Å²) in [4.78, 5) is 14.2. The summed E-state index contributed by atoms with van der Waals surface area (Å²) in [6.07, 6.45) is 3.60. The molecule has 1 fully saturated rings. The highest BCUT2D eigenvalue weighted by Gasteiger charge is 2.34. The van der Waals surface area contributed by atoms with Crippen LogP contribution in [0, 0.1) is 6.92 Å². The lowest BCUT2D eigenvalue weighted by atomic mass is 9.86. The van der Waals surface area contributed by atoms with Crippen LogP contribution in [-0.4, -0.2) is 64.5 Å². The quantitative estimate of drug-likeness (QED) is 0.346. The van der Waals surface area contributed by atoms with Gasteiger partial charge < -0.3 is 15.0 Å². The largest absolute Gasteiger partial charge is 0.468 e. The molecule has 0 bridgehead atoms. The highest BCUT2D eigenvalue weighted by molar-refractivity contribution is 7.92. The first-order chi connectivity index (χ1) is 19.1. The van der Waals surface area contributed by atoms with Gasteiger partial charge in [0.15, 0.2) is 21.7 Å². The van der Waals surface area contributed by atoms with Gasteiger partial charge in [-0.3, -0.25) is 4.90 Å². The summed E-state index contributed by atoms with van der Waals surface area (Å²) in [7, 11) is -1.35. The molecular formula is C29H35N7O3S. The number of aromatic nitrogens is 4. The Morgan fingerprint density at radius 2 is 1.82 bits per heavy atom. The fourth-order valence-corrected chi connectivity index (χ4v) is 6.83. The molecule has 0 radical (unpaired) electrons. The van der Waals surface area contributed by atoms with Crippen molar-refractivity contribution in [1.82, 2.24) is 24.5 Å². The maximum absolute atomic E-state index is 13.1. The van der Waals surface area contributed by atoms with E-state index < -0.39 is 15.1 Å². The highest BCUT2D eigenvalue weighted by atomic mass is 32.2. The number of likely N-dealkylation sites (tertiary alicyclic amines) is 1. The van der Waals surface area contributed by atoms with Crippen molar-refractivity contribution in [3.8, 4) is 5.75 Å². The van der Waals surface area contributed by atoms with Gasteiger partial charge in [0.1, 0.15) is 5.75 Å². The van der Waals surface area contributed by atoms with Crippen molar-refractivity contribution >= 4 is 38.8 Å². The third-order valence-corrected chi connectivity index (χ3v) is 10.2. The van der Waals surface area contributed by atoms with Crippen LogP contribution in [0.5, 0.6) is 5.75 Å². The molecule has 1 atom stereocenters. The van der Waals surface area contributed by atoms with Crippen molar-refractivity contribution in [2.24, 2.45) is 0 Å². The molecule has 2 aromatic carbocycles. The number of anilines is 4. The molecule has 4 aromatic rings. The highest BCUT2D eigenvalue weighted by Crippen LogP contribution is 2.45. The fourth-order valence-electron chi connectivity index (χ4n) is 5.63. The van der Waals surface area contributed by atoms with Gasteiger partial charge in [0, 0.05) is 6.07 Å². The lowest BCUT2D eigenvalue weighted by Gasteiger charge is -2.30. The average Bonchev–Trinajstić information content (AvgIpc) is 3.52. The molecule has 1 saturated heterocycles. The van der Waals surface area contributed by atoms with Gasteiger partial charge in [0.25, 0.3) is 0 Å². The van der Waals surface area contributed by atoms with Crippen molar-refractivity contribution in [2.75, 3.05) is 30.4 Å². The lowest BCUT2D eigenvalue weighted by molar-refractivity contribution is 0.249. The van der Waals surface area contributed by atoms with Crippen molar-refractivity contribution in [1.29, 1.82) is 0 Å². The minimum atomic E-state index is -3.53. The van der Waals surface area contributed by atoms with E-state index in [9.17, 15) is 8.42 Å². The van der Waals surface area contributed by atoms with Gasteiger partial charge in [0.05, 0.1) is 27.7 Å². The van der Waals surface area contributed by atoms with E-state index >= 15 is 0 Å². The fraction of sp³-hybridized carbons (Fsp3) is 0.414. The first-order valence-corrected chi connectivity index (χ1v) is 15.3. The van der Waals surface area contributed by atoms with Crippen LogP contribution in [0.15, 0.2) is 53.6 Å². The van der Waals surface area contributed by atoms with Crippen molar-refractivity contribution in [3.63, 3.8) is 0 Å². The van der Waals surface area contributed by atoms with Crippen molar-refractivity contribution in [3.05, 3.63) is 59.8 Å². The number of fused-ring (bicyclic) bond motifs is 2. The number of nitrogens with one attached hydrogen (secondary N) is 1. The minimum absolute atomic E-state index is 0.214. The molecule has 1 unspecified atom stereocenters. The van der Waals surface area contributed by atoms with Gasteiger partial charge in [-0.2, -0.15) is 19.6 Å². The van der Waals surface area contributed by atoms with E-state index in [-0.39, 0.29) is 11.1 Å². The van der Waals surface area contributed by atoms with E-state index in [2.05, 4.69) is 41.4 Å². The second-order valence-electron chi connectivity index (χ2n) is 11.0. The average molecular weight is 562 g/mol. The summed E-state index contributed by atoms with van der Waals surface area (Å²) in [6.45, 7) is 9.68. The Labute approximate surface area is 234 Å². The molecule has 0 saturated carbocycles. The molecule has 1 N–H and O–H groups in total. The van der Waals surface area contributed by atoms with Crippen LogP contribution in [0.3, 0.4) is 0 Å². The predicted molar refractivity (Wildman–Crippen MR) is 156 cm³/mol. The molecule has 2 aliphatic heterocycles. The predicted octanol–water partition coefficient (Wildman–Crippen LogP) is 5.04. The van der Waals surface area contributed by atoms with E-state index in [1.165, 1.54) is 11.1 Å².